The van der Waals surface area contributed by atoms with E-state index >= 15 is 0 Å². The fourth-order valence-corrected chi connectivity index (χ4v) is 3.22. The molecule has 1 aromatic carbocycles. The molecule has 0 fully saturated rings. The van der Waals surface area contributed by atoms with Crippen molar-refractivity contribution in [2.75, 3.05) is 6.67 Å². The number of rotatable bonds is 9. The van der Waals surface area contributed by atoms with Crippen molar-refractivity contribution in [2.24, 2.45) is 5.73 Å². The number of benzene rings is 1. The number of halogens is 3. The van der Waals surface area contributed by atoms with E-state index in [4.69, 9.17) is 10.6 Å². The number of alkyl halides is 3. The first-order chi connectivity index (χ1) is 14.0. The smallest absolute Gasteiger partial charge is 0.756 e. The maximum Gasteiger partial charge on any atom is 1.00 e. The normalized spacial score (nSPS) is 16.0. The molecule has 0 spiro atoms. The average Bonchev–Trinajstić information content (AvgIpc) is 2.69. The van der Waals surface area contributed by atoms with Crippen LogP contribution in [0.1, 0.15) is 30.3 Å². The third kappa shape index (κ3) is 8.28. The number of nitrogens with zero attached hydrogens (tertiary/aromatic N) is 1. The molecule has 2 rings (SSSR count). The Bertz CT molecular complexity index is 897. The number of carbonyl (C=O) groups excluding carboxylic acids is 1. The predicted octanol–water partition coefficient (Wildman–Crippen LogP) is -0.990. The number of phosphoric acid groups is 1. The van der Waals surface area contributed by atoms with Crippen LogP contribution in [0, 0.1) is 0 Å². The molecule has 0 aliphatic carbocycles. The number of pyridine rings is 1. The van der Waals surface area contributed by atoms with Crippen LogP contribution in [-0.2, 0) is 13.9 Å². The second-order valence-electron chi connectivity index (χ2n) is 6.45. The molecule has 4 unspecified atom stereocenters. The summed E-state index contributed by atoms with van der Waals surface area (Å²) in [4.78, 5) is 35.6. The molecule has 1 aromatic heterocycles. The van der Waals surface area contributed by atoms with Gasteiger partial charge in [0.15, 0.2) is 0 Å². The summed E-state index contributed by atoms with van der Waals surface area (Å²) in [5, 5.41) is 1.67. The van der Waals surface area contributed by atoms with Gasteiger partial charge in [-0.05, 0) is 24.1 Å². The fraction of sp³-hybridized carbons (Fsp3) is 0.333. The minimum absolute atomic E-state index is 0. The van der Waals surface area contributed by atoms with Crippen LogP contribution in [0.15, 0.2) is 42.6 Å². The second-order valence-corrected chi connectivity index (χ2v) is 7.60. The predicted molar refractivity (Wildman–Crippen MR) is 99.8 cm³/mol. The number of hydrogen-bond donors (Lipinski definition) is 3. The molecular weight excluding hydrogens is 449 g/mol. The van der Waals surface area contributed by atoms with Crippen LogP contribution >= 0.6 is 7.82 Å². The molecule has 2 aromatic rings. The van der Waals surface area contributed by atoms with Crippen molar-refractivity contribution in [3.05, 3.63) is 53.9 Å². The molecule has 0 bridgehead atoms. The van der Waals surface area contributed by atoms with Gasteiger partial charge in [0.1, 0.15) is 12.8 Å². The SMILES string of the molecule is CC(N)c1ccc(-c2ccc(C(OP(=O)([O-])O)C(CF)NC(=O)C(F)F)cc2)cn1.[Na+]. The summed E-state index contributed by atoms with van der Waals surface area (Å²) in [6, 6.07) is 7.25. The first-order valence-electron chi connectivity index (χ1n) is 8.70. The van der Waals surface area contributed by atoms with Crippen molar-refractivity contribution in [3.63, 3.8) is 0 Å². The molecule has 1 heterocycles. The molecule has 4 atom stereocenters. The maximum absolute atomic E-state index is 13.4. The minimum atomic E-state index is -5.38. The van der Waals surface area contributed by atoms with Gasteiger partial charge in [-0.2, -0.15) is 8.78 Å². The zero-order chi connectivity index (χ0) is 22.5. The second kappa shape index (κ2) is 12.1. The Kier molecular flexibility index (Phi) is 10.8. The van der Waals surface area contributed by atoms with E-state index < -0.39 is 39.0 Å². The summed E-state index contributed by atoms with van der Waals surface area (Å²) < 4.78 is 54.1. The third-order valence-corrected chi connectivity index (χ3v) is 4.62. The van der Waals surface area contributed by atoms with Gasteiger partial charge in [0.2, 0.25) is 0 Å². The van der Waals surface area contributed by atoms with Crippen LogP contribution in [0.3, 0.4) is 0 Å². The topological polar surface area (TPSA) is 138 Å². The van der Waals surface area contributed by atoms with Crippen LogP contribution in [0.5, 0.6) is 0 Å². The largest absolute Gasteiger partial charge is 1.00 e. The Morgan fingerprint density at radius 1 is 1.26 bits per heavy atom. The summed E-state index contributed by atoms with van der Waals surface area (Å²) in [5.41, 5.74) is 7.81. The summed E-state index contributed by atoms with van der Waals surface area (Å²) in [6.07, 6.45) is -3.63. The van der Waals surface area contributed by atoms with Crippen molar-refractivity contribution < 1.29 is 66.4 Å². The molecule has 31 heavy (non-hydrogen) atoms. The van der Waals surface area contributed by atoms with Crippen molar-refractivity contribution in [3.8, 4) is 11.1 Å². The standard InChI is InChI=1S/C18H21F3N3O5P.Na/c1-10(22)14-7-6-13(9-23-14)11-2-4-12(5-3-11)16(29-30(26,27)28)15(8-19)24-18(25)17(20)21;/h2-7,9-10,15-17H,8,22H2,1H3,(H,24,25)(H2,26,27,28);/q;+1/p-1. The van der Waals surface area contributed by atoms with Gasteiger partial charge in [0.05, 0.1) is 11.7 Å². The van der Waals surface area contributed by atoms with Crippen LogP contribution in [0.2, 0.25) is 0 Å². The number of hydrogen-bond acceptors (Lipinski definition) is 6. The molecule has 4 N–H and O–H groups in total. The zero-order valence-electron chi connectivity index (χ0n) is 16.7. The Labute approximate surface area is 198 Å². The molecule has 0 aliphatic heterocycles. The number of carbonyl (C=O) groups is 1. The zero-order valence-corrected chi connectivity index (χ0v) is 19.6. The van der Waals surface area contributed by atoms with E-state index in [1.807, 2.05) is 0 Å². The molecule has 0 saturated heterocycles. The van der Waals surface area contributed by atoms with E-state index in [1.165, 1.54) is 24.3 Å². The molecule has 8 nitrogen and oxygen atoms in total. The van der Waals surface area contributed by atoms with Gasteiger partial charge < -0.3 is 25.4 Å². The van der Waals surface area contributed by atoms with Crippen LogP contribution in [0.25, 0.3) is 11.1 Å². The summed E-state index contributed by atoms with van der Waals surface area (Å²) in [6.45, 7) is 0.356. The van der Waals surface area contributed by atoms with Gasteiger partial charge in [0.25, 0.3) is 13.7 Å². The molecule has 0 radical (unpaired) electrons. The quantitative estimate of drug-likeness (QED) is 0.317. The van der Waals surface area contributed by atoms with E-state index in [-0.39, 0.29) is 41.2 Å². The van der Waals surface area contributed by atoms with Gasteiger partial charge in [-0.1, -0.05) is 30.3 Å². The Balaban J connectivity index is 0.00000480. The maximum atomic E-state index is 13.4. The van der Waals surface area contributed by atoms with Gasteiger partial charge >= 0.3 is 36.0 Å². The molecule has 1 amide bonds. The Morgan fingerprint density at radius 3 is 2.26 bits per heavy atom. The van der Waals surface area contributed by atoms with E-state index in [0.29, 0.717) is 16.8 Å². The van der Waals surface area contributed by atoms with Gasteiger partial charge in [0, 0.05) is 17.8 Å². The van der Waals surface area contributed by atoms with E-state index in [1.54, 1.807) is 30.6 Å². The van der Waals surface area contributed by atoms with E-state index in [9.17, 15) is 27.4 Å². The molecule has 13 heteroatoms. The van der Waals surface area contributed by atoms with Crippen molar-refractivity contribution in [1.29, 1.82) is 0 Å². The molecule has 164 valence electrons. The summed E-state index contributed by atoms with van der Waals surface area (Å²) in [7, 11) is -5.38. The van der Waals surface area contributed by atoms with Crippen molar-refractivity contribution in [2.45, 2.75) is 31.5 Å². The van der Waals surface area contributed by atoms with Crippen LogP contribution in [-0.4, -0.2) is 34.9 Å². The Hall–Kier alpha value is -1.30. The monoisotopic (exact) mass is 469 g/mol. The number of aromatic nitrogens is 1. The summed E-state index contributed by atoms with van der Waals surface area (Å²) >= 11 is 0. The molecule has 0 aliphatic rings. The van der Waals surface area contributed by atoms with Gasteiger partial charge in [-0.15, -0.1) is 0 Å². The number of phosphoric ester groups is 1. The number of nitrogens with two attached hydrogens (primary N) is 1. The van der Waals surface area contributed by atoms with Crippen molar-refractivity contribution in [1.82, 2.24) is 10.3 Å². The third-order valence-electron chi connectivity index (χ3n) is 4.13. The fourth-order valence-electron chi connectivity index (χ4n) is 2.66. The number of nitrogens with one attached hydrogen (secondary N) is 1. The van der Waals surface area contributed by atoms with Gasteiger partial charge in [-0.3, -0.25) is 14.3 Å². The minimum Gasteiger partial charge on any atom is -0.756 e. The van der Waals surface area contributed by atoms with E-state index in [2.05, 4.69) is 9.51 Å². The van der Waals surface area contributed by atoms with Crippen molar-refractivity contribution >= 4 is 13.7 Å². The van der Waals surface area contributed by atoms with Crippen LogP contribution < -0.4 is 45.5 Å². The first-order valence-corrected chi connectivity index (χ1v) is 10.2. The van der Waals surface area contributed by atoms with Gasteiger partial charge in [-0.25, -0.2) is 4.39 Å². The average molecular weight is 469 g/mol. The van der Waals surface area contributed by atoms with Crippen LogP contribution in [0.4, 0.5) is 13.2 Å². The molecule has 0 saturated carbocycles. The number of amides is 1. The Morgan fingerprint density at radius 2 is 1.84 bits per heavy atom. The summed E-state index contributed by atoms with van der Waals surface area (Å²) in [5.74, 6) is -1.80. The first kappa shape index (κ1) is 27.7. The molecular formula is C18H20F3N3NaO5P. The van der Waals surface area contributed by atoms with E-state index in [0.717, 1.165) is 0 Å².